The van der Waals surface area contributed by atoms with E-state index in [2.05, 4.69) is 10.2 Å². The molecule has 1 aromatic carbocycles. The van der Waals surface area contributed by atoms with Gasteiger partial charge in [-0.05, 0) is 18.9 Å². The maximum atomic E-state index is 11.6. The third-order valence-electron chi connectivity index (χ3n) is 3.00. The Hall–Kier alpha value is -2.09. The highest BCUT2D eigenvalue weighted by Crippen LogP contribution is 2.34. The van der Waals surface area contributed by atoms with Crippen LogP contribution in [0.15, 0.2) is 34.2 Å². The average molecular weight is 308 g/mol. The molecule has 2 rings (SSSR count). The van der Waals surface area contributed by atoms with E-state index < -0.39 is 4.92 Å². The number of hydrogen-bond acceptors (Lipinski definition) is 5. The number of aromatic nitrogens is 3. The van der Waals surface area contributed by atoms with Crippen LogP contribution in [0.2, 0.25) is 0 Å². The lowest BCUT2D eigenvalue weighted by Crippen LogP contribution is -2.17. The molecule has 0 bridgehead atoms. The van der Waals surface area contributed by atoms with Crippen LogP contribution in [0.3, 0.4) is 0 Å². The highest BCUT2D eigenvalue weighted by Gasteiger charge is 2.16. The number of hydrogen-bond donors (Lipinski definition) is 1. The molecule has 0 aliphatic carbocycles. The minimum atomic E-state index is -0.414. The summed E-state index contributed by atoms with van der Waals surface area (Å²) in [7, 11) is 0. The molecule has 0 unspecified atom stereocenters. The number of non-ortho nitro benzene ring substituents is 1. The Balaban J connectivity index is 2.22. The molecule has 0 aliphatic heterocycles. The summed E-state index contributed by atoms with van der Waals surface area (Å²) in [6.45, 7) is 4.51. The van der Waals surface area contributed by atoms with Crippen molar-refractivity contribution in [1.29, 1.82) is 0 Å². The van der Waals surface area contributed by atoms with Gasteiger partial charge in [0, 0.05) is 23.9 Å². The largest absolute Gasteiger partial charge is 0.343 e. The van der Waals surface area contributed by atoms with Crippen molar-refractivity contribution >= 4 is 17.4 Å². The van der Waals surface area contributed by atoms with Crippen LogP contribution >= 0.6 is 11.8 Å². The Labute approximate surface area is 125 Å². The first-order chi connectivity index (χ1) is 10.0. The topological polar surface area (TPSA) is 93.8 Å². The molecule has 0 radical (unpaired) electrons. The van der Waals surface area contributed by atoms with Crippen molar-refractivity contribution in [2.45, 2.75) is 37.2 Å². The Morgan fingerprint density at radius 2 is 2.29 bits per heavy atom. The van der Waals surface area contributed by atoms with Gasteiger partial charge in [0.15, 0.2) is 5.16 Å². The lowest BCUT2D eigenvalue weighted by Gasteiger charge is -2.11. The van der Waals surface area contributed by atoms with Gasteiger partial charge >= 0.3 is 5.69 Å². The zero-order chi connectivity index (χ0) is 15.4. The van der Waals surface area contributed by atoms with Gasteiger partial charge in [-0.1, -0.05) is 30.8 Å². The van der Waals surface area contributed by atoms with Crippen LogP contribution in [0.1, 0.15) is 31.1 Å². The van der Waals surface area contributed by atoms with Gasteiger partial charge in [-0.15, -0.1) is 5.10 Å². The van der Waals surface area contributed by atoms with E-state index in [0.717, 1.165) is 12.0 Å². The van der Waals surface area contributed by atoms with Gasteiger partial charge in [-0.25, -0.2) is 9.89 Å². The maximum Gasteiger partial charge on any atom is 0.343 e. The second-order valence-electron chi connectivity index (χ2n) is 4.58. The fourth-order valence-electron chi connectivity index (χ4n) is 1.93. The second kappa shape index (κ2) is 6.57. The number of nitrogens with zero attached hydrogens (tertiary/aromatic N) is 3. The standard InChI is InChI=1S/C13H16N4O3S/c1-3-7-16-12(18)14-15-13(16)21-9(2)10-5-4-6-11(8-10)17(19)20/h4-6,8-9H,3,7H2,1-2H3,(H,14,18)/t9-/m1/s1. The van der Waals surface area contributed by atoms with E-state index in [-0.39, 0.29) is 16.6 Å². The maximum absolute atomic E-state index is 11.6. The smallest absolute Gasteiger partial charge is 0.270 e. The molecule has 0 fully saturated rings. The number of thioether (sulfide) groups is 1. The molecule has 0 spiro atoms. The third kappa shape index (κ3) is 3.52. The van der Waals surface area contributed by atoms with Gasteiger partial charge in [0.25, 0.3) is 5.69 Å². The number of H-pyrrole nitrogens is 1. The molecule has 21 heavy (non-hydrogen) atoms. The summed E-state index contributed by atoms with van der Waals surface area (Å²) < 4.78 is 1.58. The van der Waals surface area contributed by atoms with Crippen LogP contribution in [0.5, 0.6) is 0 Å². The lowest BCUT2D eigenvalue weighted by molar-refractivity contribution is -0.384. The summed E-state index contributed by atoms with van der Waals surface area (Å²) in [5.74, 6) is 0. The third-order valence-corrected chi connectivity index (χ3v) is 4.15. The molecule has 0 amide bonds. The molecular weight excluding hydrogens is 292 g/mol. The Morgan fingerprint density at radius 1 is 1.52 bits per heavy atom. The van der Waals surface area contributed by atoms with E-state index in [1.165, 1.54) is 17.8 Å². The fraction of sp³-hybridized carbons (Fsp3) is 0.385. The second-order valence-corrected chi connectivity index (χ2v) is 5.88. The van der Waals surface area contributed by atoms with Gasteiger partial charge < -0.3 is 0 Å². The summed E-state index contributed by atoms with van der Waals surface area (Å²) in [5, 5.41) is 17.8. The minimum absolute atomic E-state index is 0.0456. The van der Waals surface area contributed by atoms with Crippen LogP contribution in [0, 0.1) is 10.1 Å². The van der Waals surface area contributed by atoms with Crippen LogP contribution < -0.4 is 5.69 Å². The van der Waals surface area contributed by atoms with Gasteiger partial charge in [-0.3, -0.25) is 14.7 Å². The molecule has 8 heteroatoms. The fourth-order valence-corrected chi connectivity index (χ4v) is 2.93. The molecule has 1 aromatic heterocycles. The Kier molecular flexibility index (Phi) is 4.79. The van der Waals surface area contributed by atoms with Crippen molar-refractivity contribution < 1.29 is 4.92 Å². The molecule has 0 saturated carbocycles. The monoisotopic (exact) mass is 308 g/mol. The first kappa shape index (κ1) is 15.3. The Morgan fingerprint density at radius 3 is 2.95 bits per heavy atom. The molecular formula is C13H16N4O3S. The zero-order valence-corrected chi connectivity index (χ0v) is 12.6. The molecule has 2 aromatic rings. The molecule has 7 nitrogen and oxygen atoms in total. The van der Waals surface area contributed by atoms with Crippen molar-refractivity contribution in [3.63, 3.8) is 0 Å². The van der Waals surface area contributed by atoms with Gasteiger partial charge in [0.05, 0.1) is 4.92 Å². The van der Waals surface area contributed by atoms with E-state index in [0.29, 0.717) is 11.7 Å². The predicted molar refractivity (Wildman–Crippen MR) is 80.5 cm³/mol. The van der Waals surface area contributed by atoms with Crippen LogP contribution in [-0.4, -0.2) is 19.7 Å². The van der Waals surface area contributed by atoms with Crippen molar-refractivity contribution in [3.05, 3.63) is 50.4 Å². The molecule has 112 valence electrons. The van der Waals surface area contributed by atoms with Crippen molar-refractivity contribution in [2.75, 3.05) is 0 Å². The lowest BCUT2D eigenvalue weighted by atomic mass is 10.1. The average Bonchev–Trinajstić information content (AvgIpc) is 2.81. The SMILES string of the molecule is CCCn1c(S[C@H](C)c2cccc([N+](=O)[O-])c2)n[nH]c1=O. The van der Waals surface area contributed by atoms with E-state index in [4.69, 9.17) is 0 Å². The summed E-state index contributed by atoms with van der Waals surface area (Å²) >= 11 is 1.40. The van der Waals surface area contributed by atoms with Crippen molar-refractivity contribution in [3.8, 4) is 0 Å². The first-order valence-electron chi connectivity index (χ1n) is 6.59. The number of nitro benzene ring substituents is 1. The van der Waals surface area contributed by atoms with Gasteiger partial charge in [0.1, 0.15) is 0 Å². The van der Waals surface area contributed by atoms with E-state index >= 15 is 0 Å². The number of aromatic amines is 1. The van der Waals surface area contributed by atoms with Gasteiger partial charge in [-0.2, -0.15) is 0 Å². The van der Waals surface area contributed by atoms with Gasteiger partial charge in [0.2, 0.25) is 0 Å². The number of nitrogens with one attached hydrogen (secondary N) is 1. The predicted octanol–water partition coefficient (Wildman–Crippen LogP) is 2.74. The van der Waals surface area contributed by atoms with Crippen LogP contribution in [0.4, 0.5) is 5.69 Å². The number of rotatable bonds is 6. The highest BCUT2D eigenvalue weighted by atomic mass is 32.2. The van der Waals surface area contributed by atoms with Crippen LogP contribution in [-0.2, 0) is 6.54 Å². The van der Waals surface area contributed by atoms with E-state index in [9.17, 15) is 14.9 Å². The molecule has 1 heterocycles. The summed E-state index contributed by atoms with van der Waals surface area (Å²) in [6.07, 6.45) is 0.832. The molecule has 0 saturated heterocycles. The quantitative estimate of drug-likeness (QED) is 0.503. The number of benzene rings is 1. The first-order valence-corrected chi connectivity index (χ1v) is 7.47. The summed E-state index contributed by atoms with van der Waals surface area (Å²) in [6, 6.07) is 6.50. The number of nitro groups is 1. The van der Waals surface area contributed by atoms with E-state index in [1.54, 1.807) is 16.7 Å². The summed E-state index contributed by atoms with van der Waals surface area (Å²) in [5.41, 5.74) is 0.659. The molecule has 1 atom stereocenters. The Bertz CT molecular complexity index is 695. The molecule has 0 aliphatic rings. The molecule has 1 N–H and O–H groups in total. The normalized spacial score (nSPS) is 12.3. The highest BCUT2D eigenvalue weighted by molar-refractivity contribution is 7.99. The minimum Gasteiger partial charge on any atom is -0.270 e. The van der Waals surface area contributed by atoms with Crippen molar-refractivity contribution in [1.82, 2.24) is 14.8 Å². The van der Waals surface area contributed by atoms with E-state index in [1.807, 2.05) is 19.9 Å². The van der Waals surface area contributed by atoms with Crippen LogP contribution in [0.25, 0.3) is 0 Å². The van der Waals surface area contributed by atoms with Crippen molar-refractivity contribution in [2.24, 2.45) is 0 Å². The summed E-state index contributed by atoms with van der Waals surface area (Å²) in [4.78, 5) is 22.0. The zero-order valence-electron chi connectivity index (χ0n) is 11.8.